The van der Waals surface area contributed by atoms with E-state index in [9.17, 15) is 0 Å². The van der Waals surface area contributed by atoms with Gasteiger partial charge in [-0.05, 0) is 187 Å². The van der Waals surface area contributed by atoms with E-state index in [1.54, 1.807) is 0 Å². The highest BCUT2D eigenvalue weighted by Crippen LogP contribution is 2.53. The summed E-state index contributed by atoms with van der Waals surface area (Å²) in [6.07, 6.45) is 4.62. The number of fused-ring (bicyclic) bond motifs is 8. The van der Waals surface area contributed by atoms with Crippen LogP contribution in [-0.2, 0) is 21.7 Å². The molecule has 0 unspecified atom stereocenters. The van der Waals surface area contributed by atoms with E-state index in [0.717, 1.165) is 42.1 Å². The molecule has 13 rings (SSSR count). The predicted molar refractivity (Wildman–Crippen MR) is 302 cm³/mol. The van der Waals surface area contributed by atoms with Gasteiger partial charge in [-0.3, -0.25) is 4.90 Å². The highest BCUT2D eigenvalue weighted by molar-refractivity contribution is 7.01. The Morgan fingerprint density at radius 2 is 0.901 bits per heavy atom. The van der Waals surface area contributed by atoms with Crippen LogP contribution in [0.3, 0.4) is 0 Å². The molecule has 0 atom stereocenters. The number of aryl methyl sites for hydroxylation is 1. The molecule has 350 valence electrons. The summed E-state index contributed by atoms with van der Waals surface area (Å²) in [5.74, 6) is 0.934. The van der Waals surface area contributed by atoms with Crippen LogP contribution in [0.5, 0.6) is 0 Å². The lowest BCUT2D eigenvalue weighted by molar-refractivity contribution is 0.332. The van der Waals surface area contributed by atoms with E-state index in [2.05, 4.69) is 242 Å². The van der Waals surface area contributed by atoms with Crippen LogP contribution in [0.25, 0.3) is 44.3 Å². The first kappa shape index (κ1) is 43.9. The van der Waals surface area contributed by atoms with Gasteiger partial charge in [-0.15, -0.1) is 0 Å². The lowest BCUT2D eigenvalue weighted by atomic mass is 9.33. The minimum Gasteiger partial charge on any atom is -0.440 e. The van der Waals surface area contributed by atoms with Crippen LogP contribution in [0.2, 0.25) is 0 Å². The number of rotatable bonds is 5. The fourth-order valence-electron chi connectivity index (χ4n) is 13.1. The largest absolute Gasteiger partial charge is 0.440 e. The zero-order chi connectivity index (χ0) is 48.8. The normalized spacial score (nSPS) is 17.5. The maximum absolute atomic E-state index is 7.58. The Labute approximate surface area is 421 Å². The molecule has 0 saturated carbocycles. The van der Waals surface area contributed by atoms with Gasteiger partial charge in [0.2, 0.25) is 5.88 Å². The minimum absolute atomic E-state index is 0.0285. The molecule has 0 bridgehead atoms. The predicted octanol–water partition coefficient (Wildman–Crippen LogP) is 16.5. The van der Waals surface area contributed by atoms with Crippen LogP contribution in [0.1, 0.15) is 109 Å². The zero-order valence-electron chi connectivity index (χ0n) is 42.9. The van der Waals surface area contributed by atoms with Gasteiger partial charge >= 0.3 is 0 Å². The molecular weight excluding hydrogens is 860 g/mol. The molecule has 0 spiro atoms. The number of nitrogens with zero attached hydrogens (tertiary/aromatic N) is 2. The summed E-state index contributed by atoms with van der Waals surface area (Å²) in [6.45, 7) is 21.7. The second kappa shape index (κ2) is 15.5. The van der Waals surface area contributed by atoms with E-state index in [1.807, 2.05) is 0 Å². The molecule has 4 heteroatoms. The van der Waals surface area contributed by atoms with Crippen LogP contribution < -0.4 is 26.2 Å². The third-order valence-corrected chi connectivity index (χ3v) is 17.4. The average Bonchev–Trinajstić information content (AvgIpc) is 3.75. The molecule has 2 aliphatic heterocycles. The molecule has 3 nitrogen and oxygen atoms in total. The van der Waals surface area contributed by atoms with Crippen molar-refractivity contribution in [2.24, 2.45) is 0 Å². The molecule has 0 saturated heterocycles. The number of hydrogen-bond acceptors (Lipinski definition) is 3. The van der Waals surface area contributed by atoms with Crippen molar-refractivity contribution in [3.05, 3.63) is 198 Å². The van der Waals surface area contributed by atoms with Crippen molar-refractivity contribution in [2.45, 2.75) is 110 Å². The van der Waals surface area contributed by atoms with Crippen LogP contribution in [0.4, 0.5) is 34.3 Å². The van der Waals surface area contributed by atoms with Crippen molar-refractivity contribution < 1.29 is 4.42 Å². The van der Waals surface area contributed by atoms with Crippen molar-refractivity contribution in [3.63, 3.8) is 0 Å². The molecule has 8 aromatic carbocycles. The van der Waals surface area contributed by atoms with Crippen molar-refractivity contribution in [1.82, 2.24) is 0 Å². The first-order chi connectivity index (χ1) is 34.1. The lowest BCUT2D eigenvalue weighted by Crippen LogP contribution is -2.61. The number of furan rings is 1. The minimum atomic E-state index is -0.0964. The Bertz CT molecular complexity index is 3560. The first-order valence-corrected chi connectivity index (χ1v) is 26.0. The number of anilines is 6. The summed E-state index contributed by atoms with van der Waals surface area (Å²) in [4.78, 5) is 5.11. The third-order valence-electron chi connectivity index (χ3n) is 17.4. The molecular formula is C67H63BN2O. The van der Waals surface area contributed by atoms with E-state index in [-0.39, 0.29) is 28.4 Å². The average molecular weight is 923 g/mol. The van der Waals surface area contributed by atoms with Crippen molar-refractivity contribution in [2.75, 3.05) is 9.80 Å². The summed E-state index contributed by atoms with van der Waals surface area (Å²) in [5.41, 5.74) is 25.0. The Kier molecular flexibility index (Phi) is 9.58. The van der Waals surface area contributed by atoms with E-state index in [1.165, 1.54) is 106 Å². The van der Waals surface area contributed by atoms with Crippen LogP contribution in [0.15, 0.2) is 174 Å². The van der Waals surface area contributed by atoms with Gasteiger partial charge in [0, 0.05) is 39.3 Å². The van der Waals surface area contributed by atoms with Gasteiger partial charge in [0.1, 0.15) is 5.58 Å². The first-order valence-electron chi connectivity index (χ1n) is 26.0. The summed E-state index contributed by atoms with van der Waals surface area (Å²) >= 11 is 0. The molecule has 2 aliphatic carbocycles. The highest BCUT2D eigenvalue weighted by Gasteiger charge is 2.48. The molecule has 0 N–H and O–H groups in total. The quantitative estimate of drug-likeness (QED) is 0.160. The summed E-state index contributed by atoms with van der Waals surface area (Å²) in [6, 6.07) is 64.4. The molecule has 71 heavy (non-hydrogen) atoms. The summed E-state index contributed by atoms with van der Waals surface area (Å²) in [5, 5.41) is 1.22. The Balaban J connectivity index is 1.15. The Hall–Kier alpha value is -7.04. The van der Waals surface area contributed by atoms with Crippen LogP contribution in [0, 0.1) is 6.92 Å². The standard InChI is InChI=1S/C67H63BN2O/c1-42-33-58-62-59(34-42)70(49-26-27-52-53(39-49)65(4,5)30-29-64(52,2)3)63-61(51-40-54-55(41-60(51)71-63)67(8,9)32-31-66(54,6)7)68(62)56-28-25-46(43-19-13-10-14-20-43)38-57(56)69(58)50-36-47(44-21-15-11-16-22-44)35-48(37-50)45-23-17-12-18-24-45/h10-28,33-41H,29-32H2,1-9H3. The van der Waals surface area contributed by atoms with Gasteiger partial charge in [-0.1, -0.05) is 165 Å². The zero-order valence-corrected chi connectivity index (χ0v) is 42.9. The van der Waals surface area contributed by atoms with E-state index in [4.69, 9.17) is 4.42 Å². The SMILES string of the molecule is Cc1cc2c3c(c1)N(c1ccc4c(c1)C(C)(C)CCC4(C)C)c1oc4cc5c(cc4c1B3c1ccc(-c3ccccc3)cc1N2c1cc(-c2ccccc2)cc(-c2ccccc2)c1)C(C)(C)CCC5(C)C. The monoisotopic (exact) mass is 923 g/mol. The van der Waals surface area contributed by atoms with Crippen LogP contribution in [-0.4, -0.2) is 6.71 Å². The van der Waals surface area contributed by atoms with Gasteiger partial charge in [-0.25, -0.2) is 0 Å². The molecule has 0 amide bonds. The second-order valence-corrected chi connectivity index (χ2v) is 23.9. The van der Waals surface area contributed by atoms with Gasteiger partial charge < -0.3 is 9.32 Å². The molecule has 1 aromatic heterocycles. The maximum atomic E-state index is 7.58. The lowest BCUT2D eigenvalue weighted by Gasteiger charge is -2.44. The van der Waals surface area contributed by atoms with Gasteiger partial charge in [-0.2, -0.15) is 0 Å². The van der Waals surface area contributed by atoms with Crippen molar-refractivity contribution in [1.29, 1.82) is 0 Å². The van der Waals surface area contributed by atoms with Crippen molar-refractivity contribution in [3.8, 4) is 33.4 Å². The molecule has 0 fully saturated rings. The summed E-state index contributed by atoms with van der Waals surface area (Å²) < 4.78 is 7.58. The van der Waals surface area contributed by atoms with E-state index >= 15 is 0 Å². The maximum Gasteiger partial charge on any atom is 0.257 e. The van der Waals surface area contributed by atoms with Crippen LogP contribution >= 0.6 is 0 Å². The van der Waals surface area contributed by atoms with E-state index in [0.29, 0.717) is 0 Å². The topological polar surface area (TPSA) is 19.6 Å². The summed E-state index contributed by atoms with van der Waals surface area (Å²) in [7, 11) is 0. The van der Waals surface area contributed by atoms with E-state index < -0.39 is 0 Å². The Morgan fingerprint density at radius 3 is 1.48 bits per heavy atom. The molecule has 0 radical (unpaired) electrons. The molecule has 9 aromatic rings. The van der Waals surface area contributed by atoms with Gasteiger partial charge in [0.05, 0.1) is 0 Å². The highest BCUT2D eigenvalue weighted by atomic mass is 16.4. The van der Waals surface area contributed by atoms with Gasteiger partial charge in [0.25, 0.3) is 6.71 Å². The number of hydrogen-bond donors (Lipinski definition) is 0. The smallest absolute Gasteiger partial charge is 0.257 e. The fraction of sp³-hybridized carbons (Fsp3) is 0.254. The molecule has 4 aliphatic rings. The Morgan fingerprint density at radius 1 is 0.394 bits per heavy atom. The fourth-order valence-corrected chi connectivity index (χ4v) is 13.1. The number of benzene rings is 8. The van der Waals surface area contributed by atoms with Crippen molar-refractivity contribution >= 4 is 68.4 Å². The molecule has 3 heterocycles. The third kappa shape index (κ3) is 6.84. The van der Waals surface area contributed by atoms with Gasteiger partial charge in [0.15, 0.2) is 0 Å². The second-order valence-electron chi connectivity index (χ2n) is 23.9.